The van der Waals surface area contributed by atoms with Gasteiger partial charge in [-0.1, -0.05) is 54.1 Å². The van der Waals surface area contributed by atoms with Crippen molar-refractivity contribution in [1.29, 1.82) is 0 Å². The van der Waals surface area contributed by atoms with Gasteiger partial charge in [-0.2, -0.15) is 0 Å². The normalized spacial score (nSPS) is 12.8. The van der Waals surface area contributed by atoms with E-state index in [2.05, 4.69) is 15.3 Å². The fourth-order valence-electron chi connectivity index (χ4n) is 4.20. The number of carbonyl (C=O) groups excluding carboxylic acids is 1. The lowest BCUT2D eigenvalue weighted by atomic mass is 9.97. The number of imidazole rings is 1. The molecule has 0 fully saturated rings. The molecule has 3 aromatic carbocycles. The minimum Gasteiger partial charge on any atom is -0.474 e. The molecule has 0 atom stereocenters. The molecule has 0 spiro atoms. The van der Waals surface area contributed by atoms with E-state index in [1.54, 1.807) is 6.20 Å². The van der Waals surface area contributed by atoms with Crippen LogP contribution in [-0.4, -0.2) is 38.4 Å². The number of benzene rings is 3. The van der Waals surface area contributed by atoms with Gasteiger partial charge in [-0.15, -0.1) is 0 Å². The number of carbonyl (C=O) groups is 2. The number of carboxylic acid groups (broad SMARTS) is 1. The average molecular weight is 473 g/mol. The number of halogens is 1. The van der Waals surface area contributed by atoms with Gasteiger partial charge >= 0.3 is 11.9 Å². The summed E-state index contributed by atoms with van der Waals surface area (Å²) >= 11 is 6.50. The second-order valence-corrected chi connectivity index (χ2v) is 8.46. The van der Waals surface area contributed by atoms with Crippen molar-refractivity contribution in [1.82, 2.24) is 14.9 Å². The largest absolute Gasteiger partial charge is 0.474 e. The highest BCUT2D eigenvalue weighted by Crippen LogP contribution is 2.33. The molecular formula is C26H21ClN4O3. The van der Waals surface area contributed by atoms with Crippen LogP contribution < -0.4 is 5.32 Å². The highest BCUT2D eigenvalue weighted by atomic mass is 35.5. The molecule has 0 bridgehead atoms. The van der Waals surface area contributed by atoms with E-state index >= 15 is 0 Å². The van der Waals surface area contributed by atoms with E-state index in [1.165, 1.54) is 4.90 Å². The van der Waals surface area contributed by atoms with Crippen LogP contribution >= 0.6 is 11.6 Å². The number of aromatic amines is 1. The van der Waals surface area contributed by atoms with E-state index in [0.29, 0.717) is 23.8 Å². The van der Waals surface area contributed by atoms with Crippen LogP contribution in [0.2, 0.25) is 5.02 Å². The molecule has 1 aromatic heterocycles. The molecular weight excluding hydrogens is 452 g/mol. The van der Waals surface area contributed by atoms with Gasteiger partial charge in [0, 0.05) is 30.0 Å². The molecule has 34 heavy (non-hydrogen) atoms. The molecule has 0 saturated heterocycles. The maximum absolute atomic E-state index is 11.9. The number of amides is 1. The van der Waals surface area contributed by atoms with Gasteiger partial charge in [0.2, 0.25) is 0 Å². The van der Waals surface area contributed by atoms with Gasteiger partial charge in [-0.25, -0.2) is 9.78 Å². The SMILES string of the molecule is O=C(O)C(=O)N1CCc2c(cccc2Nc2ccc(Cl)c(-c3ncc(-c4ccccc4)[nH]3)c2)C1. The van der Waals surface area contributed by atoms with Crippen LogP contribution in [0.1, 0.15) is 11.1 Å². The third kappa shape index (κ3) is 4.25. The van der Waals surface area contributed by atoms with Crippen molar-refractivity contribution in [3.8, 4) is 22.6 Å². The molecule has 0 aliphatic carbocycles. The molecule has 7 nitrogen and oxygen atoms in total. The van der Waals surface area contributed by atoms with Crippen LogP contribution in [0.5, 0.6) is 0 Å². The number of H-pyrrole nitrogens is 1. The van der Waals surface area contributed by atoms with Crippen LogP contribution in [-0.2, 0) is 22.6 Å². The maximum atomic E-state index is 11.9. The molecule has 1 amide bonds. The van der Waals surface area contributed by atoms with Gasteiger partial charge < -0.3 is 20.3 Å². The van der Waals surface area contributed by atoms with E-state index in [1.807, 2.05) is 66.7 Å². The number of rotatable bonds is 4. The second-order valence-electron chi connectivity index (χ2n) is 8.06. The summed E-state index contributed by atoms with van der Waals surface area (Å²) in [7, 11) is 0. The quantitative estimate of drug-likeness (QED) is 0.358. The molecule has 1 aliphatic heterocycles. The van der Waals surface area contributed by atoms with Crippen LogP contribution in [0.15, 0.2) is 72.9 Å². The van der Waals surface area contributed by atoms with Crippen LogP contribution in [0.3, 0.4) is 0 Å². The minimum absolute atomic E-state index is 0.274. The molecule has 170 valence electrons. The Bertz CT molecular complexity index is 1380. The van der Waals surface area contributed by atoms with Gasteiger partial charge in [-0.3, -0.25) is 4.79 Å². The van der Waals surface area contributed by atoms with E-state index in [9.17, 15) is 9.59 Å². The summed E-state index contributed by atoms with van der Waals surface area (Å²) in [5.74, 6) is -1.63. The van der Waals surface area contributed by atoms with Crippen molar-refractivity contribution in [2.45, 2.75) is 13.0 Å². The number of aliphatic carboxylic acids is 1. The van der Waals surface area contributed by atoms with Crippen LogP contribution in [0.4, 0.5) is 11.4 Å². The van der Waals surface area contributed by atoms with E-state index in [-0.39, 0.29) is 6.54 Å². The second kappa shape index (κ2) is 9.03. The summed E-state index contributed by atoms with van der Waals surface area (Å²) in [6.45, 7) is 0.633. The molecule has 4 aromatic rings. The Morgan fingerprint density at radius 3 is 2.68 bits per heavy atom. The van der Waals surface area contributed by atoms with Crippen molar-refractivity contribution >= 4 is 34.9 Å². The summed E-state index contributed by atoms with van der Waals surface area (Å²) in [5.41, 5.74) is 6.47. The molecule has 5 rings (SSSR count). The van der Waals surface area contributed by atoms with Crippen molar-refractivity contribution < 1.29 is 14.7 Å². The monoisotopic (exact) mass is 472 g/mol. The van der Waals surface area contributed by atoms with Gasteiger partial charge in [0.15, 0.2) is 0 Å². The van der Waals surface area contributed by atoms with Crippen LogP contribution in [0.25, 0.3) is 22.6 Å². The van der Waals surface area contributed by atoms with E-state index in [0.717, 1.165) is 39.3 Å². The van der Waals surface area contributed by atoms with Gasteiger partial charge in [0.25, 0.3) is 0 Å². The Balaban J connectivity index is 1.41. The predicted molar refractivity (Wildman–Crippen MR) is 131 cm³/mol. The molecule has 3 N–H and O–H groups in total. The third-order valence-corrected chi connectivity index (χ3v) is 6.23. The van der Waals surface area contributed by atoms with Crippen molar-refractivity contribution in [2.75, 3.05) is 11.9 Å². The fourth-order valence-corrected chi connectivity index (χ4v) is 4.40. The molecule has 0 saturated carbocycles. The van der Waals surface area contributed by atoms with Gasteiger partial charge in [-0.05, 0) is 47.4 Å². The topological polar surface area (TPSA) is 98.3 Å². The number of aromatic nitrogens is 2. The number of hydrogen-bond donors (Lipinski definition) is 3. The van der Waals surface area contributed by atoms with E-state index in [4.69, 9.17) is 16.7 Å². The molecule has 0 radical (unpaired) electrons. The van der Waals surface area contributed by atoms with E-state index < -0.39 is 11.9 Å². The molecule has 0 unspecified atom stereocenters. The van der Waals surface area contributed by atoms with Crippen molar-refractivity contribution in [3.63, 3.8) is 0 Å². The highest BCUT2D eigenvalue weighted by molar-refractivity contribution is 6.33. The Morgan fingerprint density at radius 2 is 1.88 bits per heavy atom. The summed E-state index contributed by atoms with van der Waals surface area (Å²) < 4.78 is 0. The predicted octanol–water partition coefficient (Wildman–Crippen LogP) is 5.11. The number of fused-ring (bicyclic) bond motifs is 1. The van der Waals surface area contributed by atoms with Crippen molar-refractivity contribution in [3.05, 3.63) is 89.1 Å². The first-order valence-corrected chi connectivity index (χ1v) is 11.2. The van der Waals surface area contributed by atoms with Gasteiger partial charge in [0.05, 0.1) is 16.9 Å². The summed E-state index contributed by atoms with van der Waals surface area (Å²) in [6, 6.07) is 21.4. The first-order valence-electron chi connectivity index (χ1n) is 10.8. The van der Waals surface area contributed by atoms with Crippen molar-refractivity contribution in [2.24, 2.45) is 0 Å². The summed E-state index contributed by atoms with van der Waals surface area (Å²) in [6.07, 6.45) is 2.36. The number of nitrogens with zero attached hydrogens (tertiary/aromatic N) is 2. The first-order chi connectivity index (χ1) is 16.5. The Hall–Kier alpha value is -4.10. The Labute approximate surface area is 201 Å². The number of carboxylic acids is 1. The van der Waals surface area contributed by atoms with Gasteiger partial charge in [0.1, 0.15) is 5.82 Å². The molecule has 8 heteroatoms. The highest BCUT2D eigenvalue weighted by Gasteiger charge is 2.26. The standard InChI is InChI=1S/C26H21ClN4O3/c27-21-10-9-18(13-20(21)24-28-14-23(30-24)16-5-2-1-3-6-16)29-22-8-4-7-17-15-31(12-11-19(17)22)25(32)26(33)34/h1-10,13-14,29H,11-12,15H2,(H,28,30)(H,33,34). The molecule has 1 aliphatic rings. The lowest BCUT2D eigenvalue weighted by Crippen LogP contribution is -2.40. The lowest BCUT2D eigenvalue weighted by molar-refractivity contribution is -0.156. The lowest BCUT2D eigenvalue weighted by Gasteiger charge is -2.29. The first kappa shape index (κ1) is 21.7. The smallest absolute Gasteiger partial charge is 0.394 e. The fraction of sp³-hybridized carbons (Fsp3) is 0.115. The Kier molecular flexibility index (Phi) is 5.77. The zero-order valence-corrected chi connectivity index (χ0v) is 18.8. The number of hydrogen-bond acceptors (Lipinski definition) is 4. The third-order valence-electron chi connectivity index (χ3n) is 5.90. The summed E-state index contributed by atoms with van der Waals surface area (Å²) in [4.78, 5) is 32.2. The minimum atomic E-state index is -1.43. The molecule has 2 heterocycles. The summed E-state index contributed by atoms with van der Waals surface area (Å²) in [5, 5.41) is 13.1. The zero-order valence-electron chi connectivity index (χ0n) is 18.1. The number of nitrogens with one attached hydrogen (secondary N) is 2. The zero-order chi connectivity index (χ0) is 23.7. The average Bonchev–Trinajstić information content (AvgIpc) is 3.35. The Morgan fingerprint density at radius 1 is 1.06 bits per heavy atom. The number of anilines is 2. The van der Waals surface area contributed by atoms with Crippen LogP contribution in [0, 0.1) is 0 Å². The maximum Gasteiger partial charge on any atom is 0.394 e.